The van der Waals surface area contributed by atoms with Crippen LogP contribution in [0.2, 0.25) is 0 Å². The first-order valence-electron chi connectivity index (χ1n) is 5.24. The molecule has 4 heteroatoms. The van der Waals surface area contributed by atoms with Crippen molar-refractivity contribution >= 4 is 11.9 Å². The maximum atomic E-state index is 11.4. The molecule has 0 bridgehead atoms. The van der Waals surface area contributed by atoms with Gasteiger partial charge >= 0.3 is 11.9 Å². The number of carbonyl (C=O) groups is 2. The Hall–Kier alpha value is -1.32. The average molecular weight is 228 g/mol. The topological polar surface area (TPSA) is 52.6 Å². The molecule has 0 spiro atoms. The molecule has 0 aliphatic carbocycles. The van der Waals surface area contributed by atoms with Gasteiger partial charge in [-0.25, -0.2) is 4.79 Å². The fraction of sp³-hybridized carbons (Fsp3) is 0.667. The molecule has 0 aliphatic rings. The van der Waals surface area contributed by atoms with E-state index in [0.717, 1.165) is 5.57 Å². The summed E-state index contributed by atoms with van der Waals surface area (Å²) in [6.45, 7) is 8.88. The first kappa shape index (κ1) is 14.7. The van der Waals surface area contributed by atoms with E-state index in [-0.39, 0.29) is 11.9 Å². The van der Waals surface area contributed by atoms with Crippen molar-refractivity contribution < 1.29 is 19.1 Å². The normalized spacial score (nSPS) is 12.2. The van der Waals surface area contributed by atoms with Gasteiger partial charge in [-0.3, -0.25) is 4.79 Å². The summed E-state index contributed by atoms with van der Waals surface area (Å²) in [7, 11) is 0. The van der Waals surface area contributed by atoms with Crippen LogP contribution in [0.25, 0.3) is 0 Å². The van der Waals surface area contributed by atoms with E-state index < -0.39 is 5.60 Å². The molecule has 0 fully saturated rings. The quantitative estimate of drug-likeness (QED) is 0.547. The summed E-state index contributed by atoms with van der Waals surface area (Å²) in [6, 6.07) is 0. The van der Waals surface area contributed by atoms with Gasteiger partial charge in [0.1, 0.15) is 5.60 Å². The zero-order chi connectivity index (χ0) is 12.8. The van der Waals surface area contributed by atoms with Gasteiger partial charge in [-0.2, -0.15) is 0 Å². The Labute approximate surface area is 96.6 Å². The molecular weight excluding hydrogens is 208 g/mol. The Morgan fingerprint density at radius 2 is 1.75 bits per heavy atom. The van der Waals surface area contributed by atoms with E-state index in [9.17, 15) is 9.59 Å². The van der Waals surface area contributed by atoms with Crippen molar-refractivity contribution in [3.63, 3.8) is 0 Å². The Kier molecular flexibility index (Phi) is 5.78. The summed E-state index contributed by atoms with van der Waals surface area (Å²) < 4.78 is 9.88. The van der Waals surface area contributed by atoms with Crippen LogP contribution in [0.15, 0.2) is 11.6 Å². The Bertz CT molecular complexity index is 284. The summed E-state index contributed by atoms with van der Waals surface area (Å²) in [5.41, 5.74) is 0.347. The van der Waals surface area contributed by atoms with Crippen LogP contribution in [0.5, 0.6) is 0 Å². The molecule has 0 saturated carbocycles. The lowest BCUT2D eigenvalue weighted by Crippen LogP contribution is -2.22. The molecule has 0 aliphatic heterocycles. The minimum Gasteiger partial charge on any atom is -0.466 e. The van der Waals surface area contributed by atoms with Gasteiger partial charge in [0.25, 0.3) is 0 Å². The van der Waals surface area contributed by atoms with Crippen LogP contribution in [0.1, 0.15) is 41.0 Å². The average Bonchev–Trinajstić information content (AvgIpc) is 1.98. The Morgan fingerprint density at radius 3 is 2.19 bits per heavy atom. The number of hydrogen-bond acceptors (Lipinski definition) is 4. The van der Waals surface area contributed by atoms with E-state index in [1.54, 1.807) is 6.92 Å². The summed E-state index contributed by atoms with van der Waals surface area (Å²) >= 11 is 0. The lowest BCUT2D eigenvalue weighted by molar-refractivity contribution is -0.148. The van der Waals surface area contributed by atoms with Crippen LogP contribution in [-0.4, -0.2) is 24.1 Å². The van der Waals surface area contributed by atoms with Gasteiger partial charge in [0.15, 0.2) is 0 Å². The van der Waals surface area contributed by atoms with Crippen molar-refractivity contribution in [2.24, 2.45) is 0 Å². The van der Waals surface area contributed by atoms with Crippen molar-refractivity contribution in [1.29, 1.82) is 0 Å². The molecule has 0 radical (unpaired) electrons. The van der Waals surface area contributed by atoms with Gasteiger partial charge in [0.05, 0.1) is 6.61 Å². The Morgan fingerprint density at radius 1 is 1.19 bits per heavy atom. The van der Waals surface area contributed by atoms with E-state index >= 15 is 0 Å². The van der Waals surface area contributed by atoms with E-state index in [1.165, 1.54) is 13.0 Å². The lowest BCUT2D eigenvalue weighted by atomic mass is 10.2. The van der Waals surface area contributed by atoms with Crippen molar-refractivity contribution in [2.45, 2.75) is 46.6 Å². The predicted octanol–water partition coefficient (Wildman–Crippen LogP) is 2.23. The highest BCUT2D eigenvalue weighted by molar-refractivity contribution is 5.83. The first-order chi connectivity index (χ1) is 7.20. The van der Waals surface area contributed by atoms with Crippen LogP contribution in [0, 0.1) is 0 Å². The van der Waals surface area contributed by atoms with E-state index in [0.29, 0.717) is 13.0 Å². The molecule has 0 unspecified atom stereocenters. The van der Waals surface area contributed by atoms with Gasteiger partial charge < -0.3 is 9.47 Å². The molecule has 16 heavy (non-hydrogen) atoms. The molecule has 0 saturated heterocycles. The highest BCUT2D eigenvalue weighted by Crippen LogP contribution is 2.09. The van der Waals surface area contributed by atoms with Crippen molar-refractivity contribution in [1.82, 2.24) is 0 Å². The van der Waals surface area contributed by atoms with E-state index in [2.05, 4.69) is 0 Å². The summed E-state index contributed by atoms with van der Waals surface area (Å²) in [4.78, 5) is 21.9. The van der Waals surface area contributed by atoms with Crippen LogP contribution < -0.4 is 0 Å². The molecule has 0 rings (SSSR count). The van der Waals surface area contributed by atoms with E-state index in [4.69, 9.17) is 9.47 Å². The summed E-state index contributed by atoms with van der Waals surface area (Å²) in [5, 5.41) is 0. The molecule has 0 N–H and O–H groups in total. The van der Waals surface area contributed by atoms with Crippen LogP contribution in [0.3, 0.4) is 0 Å². The standard InChI is InChI=1S/C12H20O4/c1-9(6-7-15-10(2)13)8-11(14)16-12(3,4)5/h8H,6-7H2,1-5H3. The van der Waals surface area contributed by atoms with Crippen LogP contribution >= 0.6 is 0 Å². The molecule has 0 aromatic rings. The molecule has 0 amide bonds. The second-order valence-electron chi connectivity index (χ2n) is 4.61. The number of esters is 2. The predicted molar refractivity (Wildman–Crippen MR) is 60.9 cm³/mol. The maximum Gasteiger partial charge on any atom is 0.331 e. The minimum atomic E-state index is -0.482. The Balaban J connectivity index is 4.02. The highest BCUT2D eigenvalue weighted by Gasteiger charge is 2.14. The third kappa shape index (κ3) is 9.24. The second-order valence-corrected chi connectivity index (χ2v) is 4.61. The van der Waals surface area contributed by atoms with Gasteiger partial charge in [0.2, 0.25) is 0 Å². The molecule has 92 valence electrons. The van der Waals surface area contributed by atoms with Gasteiger partial charge in [0, 0.05) is 19.4 Å². The molecule has 0 atom stereocenters. The summed E-state index contributed by atoms with van der Waals surface area (Å²) in [6.07, 6.45) is 1.97. The molecule has 0 aromatic heterocycles. The fourth-order valence-electron chi connectivity index (χ4n) is 0.960. The highest BCUT2D eigenvalue weighted by atomic mass is 16.6. The number of rotatable bonds is 4. The third-order valence-electron chi connectivity index (χ3n) is 1.57. The zero-order valence-corrected chi connectivity index (χ0v) is 10.6. The largest absolute Gasteiger partial charge is 0.466 e. The number of hydrogen-bond donors (Lipinski definition) is 0. The molecular formula is C12H20O4. The SMILES string of the molecule is CC(=O)OCCC(C)=CC(=O)OC(C)(C)C. The van der Waals surface area contributed by atoms with Gasteiger partial charge in [-0.05, 0) is 27.7 Å². The first-order valence-corrected chi connectivity index (χ1v) is 5.24. The second kappa shape index (κ2) is 6.30. The number of ether oxygens (including phenoxy) is 2. The monoisotopic (exact) mass is 228 g/mol. The van der Waals surface area contributed by atoms with E-state index in [1.807, 2.05) is 20.8 Å². The van der Waals surface area contributed by atoms with Crippen LogP contribution in [0.4, 0.5) is 0 Å². The maximum absolute atomic E-state index is 11.4. The fourth-order valence-corrected chi connectivity index (χ4v) is 0.960. The zero-order valence-electron chi connectivity index (χ0n) is 10.6. The third-order valence-corrected chi connectivity index (χ3v) is 1.57. The van der Waals surface area contributed by atoms with Crippen molar-refractivity contribution in [3.05, 3.63) is 11.6 Å². The molecule has 4 nitrogen and oxygen atoms in total. The molecule has 0 aromatic carbocycles. The smallest absolute Gasteiger partial charge is 0.331 e. The van der Waals surface area contributed by atoms with Gasteiger partial charge in [-0.15, -0.1) is 0 Å². The minimum absolute atomic E-state index is 0.292. The molecule has 0 heterocycles. The van der Waals surface area contributed by atoms with Crippen molar-refractivity contribution in [2.75, 3.05) is 6.61 Å². The number of carbonyl (C=O) groups excluding carboxylic acids is 2. The van der Waals surface area contributed by atoms with Crippen molar-refractivity contribution in [3.8, 4) is 0 Å². The summed E-state index contributed by atoms with van der Waals surface area (Å²) in [5.74, 6) is -0.683. The lowest BCUT2D eigenvalue weighted by Gasteiger charge is -2.18. The van der Waals surface area contributed by atoms with Crippen LogP contribution in [-0.2, 0) is 19.1 Å². The van der Waals surface area contributed by atoms with Gasteiger partial charge in [-0.1, -0.05) is 5.57 Å².